The standard InChI is InChI=1S/C15H19F3N2O4/c1-4-24-12-6-5-10(15(16,17)18)7-11(12)19-14(23)20(3)8-9(2)13(21)22/h5-7,9H,4,8H2,1-3H3,(H,19,23)(H,21,22). The molecular formula is C15H19F3N2O4. The summed E-state index contributed by atoms with van der Waals surface area (Å²) in [5.74, 6) is -1.80. The van der Waals surface area contributed by atoms with E-state index in [0.717, 1.165) is 23.1 Å². The molecule has 1 rings (SSSR count). The van der Waals surface area contributed by atoms with Gasteiger partial charge in [-0.3, -0.25) is 4.79 Å². The minimum absolute atomic E-state index is 0.0932. The second-order valence-corrected chi connectivity index (χ2v) is 5.19. The number of hydrogen-bond donors (Lipinski definition) is 2. The van der Waals surface area contributed by atoms with E-state index >= 15 is 0 Å². The number of nitrogens with zero attached hydrogens (tertiary/aromatic N) is 1. The molecule has 0 heterocycles. The number of ether oxygens (including phenoxy) is 1. The van der Waals surface area contributed by atoms with E-state index < -0.39 is 29.7 Å². The molecule has 2 N–H and O–H groups in total. The van der Waals surface area contributed by atoms with Crippen molar-refractivity contribution in [2.24, 2.45) is 5.92 Å². The monoisotopic (exact) mass is 348 g/mol. The number of rotatable bonds is 6. The smallest absolute Gasteiger partial charge is 0.416 e. The average Bonchev–Trinajstić information content (AvgIpc) is 2.47. The predicted octanol–water partition coefficient (Wildman–Crippen LogP) is 3.29. The third-order valence-corrected chi connectivity index (χ3v) is 3.16. The van der Waals surface area contributed by atoms with Crippen molar-refractivity contribution in [3.8, 4) is 5.75 Å². The van der Waals surface area contributed by atoms with Crippen molar-refractivity contribution in [3.05, 3.63) is 23.8 Å². The Morgan fingerprint density at radius 3 is 2.50 bits per heavy atom. The molecule has 0 saturated carbocycles. The number of halogens is 3. The minimum Gasteiger partial charge on any atom is -0.492 e. The van der Waals surface area contributed by atoms with Gasteiger partial charge in [-0.05, 0) is 25.1 Å². The summed E-state index contributed by atoms with van der Waals surface area (Å²) in [7, 11) is 1.35. The molecule has 24 heavy (non-hydrogen) atoms. The highest BCUT2D eigenvalue weighted by atomic mass is 19.4. The number of anilines is 1. The van der Waals surface area contributed by atoms with Gasteiger partial charge in [0.2, 0.25) is 0 Å². The van der Waals surface area contributed by atoms with Crippen LogP contribution in [0.2, 0.25) is 0 Å². The van der Waals surface area contributed by atoms with E-state index in [1.54, 1.807) is 6.92 Å². The summed E-state index contributed by atoms with van der Waals surface area (Å²) in [4.78, 5) is 24.0. The summed E-state index contributed by atoms with van der Waals surface area (Å²) in [6.07, 6.45) is -4.56. The highest BCUT2D eigenvalue weighted by molar-refractivity contribution is 5.91. The highest BCUT2D eigenvalue weighted by Gasteiger charge is 2.31. The topological polar surface area (TPSA) is 78.9 Å². The van der Waals surface area contributed by atoms with Crippen molar-refractivity contribution in [2.75, 3.05) is 25.5 Å². The Balaban J connectivity index is 2.98. The number of nitrogens with one attached hydrogen (secondary N) is 1. The van der Waals surface area contributed by atoms with Crippen LogP contribution < -0.4 is 10.1 Å². The SMILES string of the molecule is CCOc1ccc(C(F)(F)F)cc1NC(=O)N(C)CC(C)C(=O)O. The van der Waals surface area contributed by atoms with E-state index in [1.165, 1.54) is 14.0 Å². The lowest BCUT2D eigenvalue weighted by Gasteiger charge is -2.21. The largest absolute Gasteiger partial charge is 0.492 e. The third kappa shape index (κ3) is 5.32. The Bertz CT molecular complexity index is 605. The van der Waals surface area contributed by atoms with Crippen molar-refractivity contribution in [2.45, 2.75) is 20.0 Å². The number of aliphatic carboxylic acids is 1. The van der Waals surface area contributed by atoms with Crippen LogP contribution in [0.5, 0.6) is 5.75 Å². The molecule has 6 nitrogen and oxygen atoms in total. The van der Waals surface area contributed by atoms with Crippen LogP contribution in [0.1, 0.15) is 19.4 Å². The van der Waals surface area contributed by atoms with Gasteiger partial charge in [0.1, 0.15) is 5.75 Å². The van der Waals surface area contributed by atoms with Gasteiger partial charge in [0.25, 0.3) is 0 Å². The zero-order valence-corrected chi connectivity index (χ0v) is 13.5. The second kappa shape index (κ2) is 7.89. The fourth-order valence-corrected chi connectivity index (χ4v) is 1.87. The summed E-state index contributed by atoms with van der Waals surface area (Å²) in [6, 6.07) is 2.03. The lowest BCUT2D eigenvalue weighted by Crippen LogP contribution is -2.36. The van der Waals surface area contributed by atoms with Gasteiger partial charge < -0.3 is 20.1 Å². The molecule has 0 saturated heterocycles. The van der Waals surface area contributed by atoms with Crippen LogP contribution in [0.15, 0.2) is 18.2 Å². The molecular weight excluding hydrogens is 329 g/mol. The number of benzene rings is 1. The number of amides is 2. The first-order valence-electron chi connectivity index (χ1n) is 7.15. The molecule has 0 aliphatic heterocycles. The van der Waals surface area contributed by atoms with Crippen LogP contribution in [-0.4, -0.2) is 42.2 Å². The molecule has 0 aromatic heterocycles. The molecule has 1 aromatic rings. The van der Waals surface area contributed by atoms with Crippen molar-refractivity contribution in [1.82, 2.24) is 4.90 Å². The number of carbonyl (C=O) groups excluding carboxylic acids is 1. The zero-order chi connectivity index (χ0) is 18.5. The molecule has 0 aliphatic carbocycles. The van der Waals surface area contributed by atoms with Crippen LogP contribution in [0.3, 0.4) is 0 Å². The van der Waals surface area contributed by atoms with E-state index in [1.807, 2.05) is 0 Å². The van der Waals surface area contributed by atoms with Gasteiger partial charge in [-0.25, -0.2) is 4.79 Å². The van der Waals surface area contributed by atoms with Crippen molar-refractivity contribution < 1.29 is 32.6 Å². The maximum absolute atomic E-state index is 12.8. The average molecular weight is 348 g/mol. The second-order valence-electron chi connectivity index (χ2n) is 5.19. The number of carboxylic acid groups (broad SMARTS) is 1. The summed E-state index contributed by atoms with van der Waals surface area (Å²) >= 11 is 0. The Morgan fingerprint density at radius 1 is 1.38 bits per heavy atom. The van der Waals surface area contributed by atoms with Gasteiger partial charge in [0.15, 0.2) is 0 Å². The maximum Gasteiger partial charge on any atom is 0.416 e. The van der Waals surface area contributed by atoms with Crippen molar-refractivity contribution >= 4 is 17.7 Å². The van der Waals surface area contributed by atoms with E-state index in [9.17, 15) is 22.8 Å². The zero-order valence-electron chi connectivity index (χ0n) is 13.5. The summed E-state index contributed by atoms with van der Waals surface area (Å²) in [5.41, 5.74) is -1.06. The molecule has 0 bridgehead atoms. The summed E-state index contributed by atoms with van der Waals surface area (Å²) in [5, 5.41) is 11.2. The Labute approximate surface area is 137 Å². The number of carboxylic acids is 1. The molecule has 9 heteroatoms. The van der Waals surface area contributed by atoms with Crippen LogP contribution in [0.4, 0.5) is 23.7 Å². The maximum atomic E-state index is 12.8. The number of carbonyl (C=O) groups is 2. The predicted molar refractivity (Wildman–Crippen MR) is 81.1 cm³/mol. The van der Waals surface area contributed by atoms with Crippen LogP contribution in [-0.2, 0) is 11.0 Å². The molecule has 1 atom stereocenters. The quantitative estimate of drug-likeness (QED) is 0.827. The first-order chi connectivity index (χ1) is 11.1. The van der Waals surface area contributed by atoms with Crippen LogP contribution in [0, 0.1) is 5.92 Å². The van der Waals surface area contributed by atoms with Crippen LogP contribution >= 0.6 is 0 Å². The van der Waals surface area contributed by atoms with Gasteiger partial charge in [-0.15, -0.1) is 0 Å². The van der Waals surface area contributed by atoms with Gasteiger partial charge in [-0.1, -0.05) is 6.92 Å². The fraction of sp³-hybridized carbons (Fsp3) is 0.467. The normalized spacial score (nSPS) is 12.4. The molecule has 0 radical (unpaired) electrons. The van der Waals surface area contributed by atoms with E-state index in [-0.39, 0.29) is 24.6 Å². The Kier molecular flexibility index (Phi) is 6.44. The molecule has 134 valence electrons. The summed E-state index contributed by atoms with van der Waals surface area (Å²) in [6.45, 7) is 3.19. The van der Waals surface area contributed by atoms with Crippen molar-refractivity contribution in [1.29, 1.82) is 0 Å². The number of urea groups is 1. The molecule has 1 aromatic carbocycles. The molecule has 2 amide bonds. The van der Waals surface area contributed by atoms with Crippen LogP contribution in [0.25, 0.3) is 0 Å². The van der Waals surface area contributed by atoms with Gasteiger partial charge in [0, 0.05) is 13.6 Å². The number of hydrogen-bond acceptors (Lipinski definition) is 3. The first-order valence-corrected chi connectivity index (χ1v) is 7.15. The third-order valence-electron chi connectivity index (χ3n) is 3.16. The minimum atomic E-state index is -4.56. The van der Waals surface area contributed by atoms with Gasteiger partial charge >= 0.3 is 18.2 Å². The lowest BCUT2D eigenvalue weighted by molar-refractivity contribution is -0.141. The van der Waals surface area contributed by atoms with E-state index in [4.69, 9.17) is 9.84 Å². The number of alkyl halides is 3. The van der Waals surface area contributed by atoms with Crippen molar-refractivity contribution in [3.63, 3.8) is 0 Å². The molecule has 1 unspecified atom stereocenters. The Hall–Kier alpha value is -2.45. The van der Waals surface area contributed by atoms with Gasteiger partial charge in [0.05, 0.1) is 23.8 Å². The lowest BCUT2D eigenvalue weighted by atomic mass is 10.1. The van der Waals surface area contributed by atoms with E-state index in [0.29, 0.717) is 0 Å². The molecule has 0 fully saturated rings. The van der Waals surface area contributed by atoms with Gasteiger partial charge in [-0.2, -0.15) is 13.2 Å². The Morgan fingerprint density at radius 2 is 2.00 bits per heavy atom. The molecule has 0 spiro atoms. The first kappa shape index (κ1) is 19.6. The molecule has 0 aliphatic rings. The summed E-state index contributed by atoms with van der Waals surface area (Å²) < 4.78 is 43.6. The highest BCUT2D eigenvalue weighted by Crippen LogP contribution is 2.35. The van der Waals surface area contributed by atoms with E-state index in [2.05, 4.69) is 5.32 Å². The fourth-order valence-electron chi connectivity index (χ4n) is 1.87.